The number of para-hydroxylation sites is 1. The van der Waals surface area contributed by atoms with E-state index in [1.54, 1.807) is 60.7 Å². The SMILES string of the molecule is O=C(C[C@@H]1c2ccccc2O[C@H](c2ccc(Cl)cc2)[C@H]1[N+](=O)[O-])c1ccccc1. The zero-order valence-corrected chi connectivity index (χ0v) is 16.2. The third-order valence-electron chi connectivity index (χ3n) is 5.24. The molecular formula is C23H18ClNO4. The van der Waals surface area contributed by atoms with Gasteiger partial charge in [-0.3, -0.25) is 14.9 Å². The first kappa shape index (κ1) is 19.2. The molecule has 146 valence electrons. The number of hydrogen-bond acceptors (Lipinski definition) is 4. The minimum atomic E-state index is -1.10. The number of nitro groups is 1. The first-order valence-corrected chi connectivity index (χ1v) is 9.65. The van der Waals surface area contributed by atoms with Crippen LogP contribution in [0.3, 0.4) is 0 Å². The predicted octanol–water partition coefficient (Wildman–Crippen LogP) is 5.48. The van der Waals surface area contributed by atoms with Crippen molar-refractivity contribution in [3.8, 4) is 5.75 Å². The second-order valence-electron chi connectivity index (χ2n) is 7.00. The van der Waals surface area contributed by atoms with Crippen molar-refractivity contribution < 1.29 is 14.5 Å². The number of nitrogens with zero attached hydrogens (tertiary/aromatic N) is 1. The van der Waals surface area contributed by atoms with E-state index >= 15 is 0 Å². The number of fused-ring (bicyclic) bond motifs is 1. The van der Waals surface area contributed by atoms with Crippen LogP contribution in [0, 0.1) is 10.1 Å². The quantitative estimate of drug-likeness (QED) is 0.319. The number of halogens is 1. The maximum Gasteiger partial charge on any atom is 0.260 e. The highest BCUT2D eigenvalue weighted by Gasteiger charge is 2.48. The van der Waals surface area contributed by atoms with E-state index in [9.17, 15) is 14.9 Å². The van der Waals surface area contributed by atoms with Gasteiger partial charge in [-0.05, 0) is 23.8 Å². The Morgan fingerprint density at radius 3 is 2.31 bits per heavy atom. The number of carbonyl (C=O) groups is 1. The Bertz CT molecular complexity index is 1040. The third kappa shape index (κ3) is 3.87. The number of benzene rings is 3. The predicted molar refractivity (Wildman–Crippen MR) is 110 cm³/mol. The third-order valence-corrected chi connectivity index (χ3v) is 5.49. The number of carbonyl (C=O) groups excluding carboxylic acids is 1. The van der Waals surface area contributed by atoms with E-state index in [0.29, 0.717) is 27.5 Å². The van der Waals surface area contributed by atoms with Gasteiger partial charge in [-0.15, -0.1) is 0 Å². The molecule has 0 spiro atoms. The Balaban J connectivity index is 1.76. The highest BCUT2D eigenvalue weighted by molar-refractivity contribution is 6.30. The van der Waals surface area contributed by atoms with Gasteiger partial charge in [0.05, 0.1) is 5.92 Å². The lowest BCUT2D eigenvalue weighted by Crippen LogP contribution is -2.41. The number of ketones is 1. The number of ether oxygens (including phenoxy) is 1. The summed E-state index contributed by atoms with van der Waals surface area (Å²) in [5.41, 5.74) is 1.88. The van der Waals surface area contributed by atoms with Gasteiger partial charge in [-0.25, -0.2) is 0 Å². The molecule has 0 saturated carbocycles. The fourth-order valence-corrected chi connectivity index (χ4v) is 3.97. The summed E-state index contributed by atoms with van der Waals surface area (Å²) in [5.74, 6) is -0.172. The Labute approximate surface area is 173 Å². The van der Waals surface area contributed by atoms with Crippen LogP contribution in [0.4, 0.5) is 0 Å². The standard InChI is InChI=1S/C23H18ClNO4/c24-17-12-10-16(11-13-17)23-22(25(27)28)19(18-8-4-5-9-21(18)29-23)14-20(26)15-6-2-1-3-7-15/h1-13,19,22-23H,14H2/t19-,22+,23-/m1/s1. The van der Waals surface area contributed by atoms with Crippen LogP contribution in [0.5, 0.6) is 5.75 Å². The molecule has 6 heteroatoms. The van der Waals surface area contributed by atoms with Crippen molar-refractivity contribution in [1.29, 1.82) is 0 Å². The summed E-state index contributed by atoms with van der Waals surface area (Å²) in [6, 6.07) is 21.8. The van der Waals surface area contributed by atoms with Crippen LogP contribution < -0.4 is 4.74 Å². The number of rotatable bonds is 5. The average Bonchev–Trinajstić information content (AvgIpc) is 2.74. The van der Waals surface area contributed by atoms with Crippen LogP contribution in [-0.4, -0.2) is 16.7 Å². The largest absolute Gasteiger partial charge is 0.478 e. The molecule has 1 heterocycles. The second kappa shape index (κ2) is 8.05. The summed E-state index contributed by atoms with van der Waals surface area (Å²) >= 11 is 5.98. The Kier molecular flexibility index (Phi) is 5.32. The maximum atomic E-state index is 12.9. The monoisotopic (exact) mass is 407 g/mol. The van der Waals surface area contributed by atoms with Crippen LogP contribution in [0.15, 0.2) is 78.9 Å². The highest BCUT2D eigenvalue weighted by atomic mass is 35.5. The molecule has 0 unspecified atom stereocenters. The lowest BCUT2D eigenvalue weighted by atomic mass is 9.79. The molecule has 0 fully saturated rings. The van der Waals surface area contributed by atoms with Crippen LogP contribution >= 0.6 is 11.6 Å². The molecule has 0 aliphatic carbocycles. The Morgan fingerprint density at radius 2 is 1.62 bits per heavy atom. The molecule has 29 heavy (non-hydrogen) atoms. The van der Waals surface area contributed by atoms with Crippen LogP contribution in [0.1, 0.15) is 39.9 Å². The van der Waals surface area contributed by atoms with Gasteiger partial charge in [0.25, 0.3) is 6.04 Å². The van der Waals surface area contributed by atoms with Gasteiger partial charge in [0, 0.05) is 27.5 Å². The minimum Gasteiger partial charge on any atom is -0.478 e. The summed E-state index contributed by atoms with van der Waals surface area (Å²) in [4.78, 5) is 24.7. The van der Waals surface area contributed by atoms with Gasteiger partial charge in [0.15, 0.2) is 11.9 Å². The molecule has 5 nitrogen and oxygen atoms in total. The van der Waals surface area contributed by atoms with Crippen molar-refractivity contribution >= 4 is 17.4 Å². The lowest BCUT2D eigenvalue weighted by molar-refractivity contribution is -0.540. The van der Waals surface area contributed by atoms with Crippen molar-refractivity contribution in [2.24, 2.45) is 0 Å². The van der Waals surface area contributed by atoms with E-state index in [2.05, 4.69) is 0 Å². The summed E-state index contributed by atoms with van der Waals surface area (Å²) < 4.78 is 6.05. The van der Waals surface area contributed by atoms with Gasteiger partial charge in [0.2, 0.25) is 0 Å². The van der Waals surface area contributed by atoms with Crippen molar-refractivity contribution in [3.63, 3.8) is 0 Å². The van der Waals surface area contributed by atoms with Gasteiger partial charge in [-0.2, -0.15) is 0 Å². The van der Waals surface area contributed by atoms with Crippen molar-refractivity contribution in [2.45, 2.75) is 24.5 Å². The van der Waals surface area contributed by atoms with Gasteiger partial charge in [-0.1, -0.05) is 72.3 Å². The fraction of sp³-hybridized carbons (Fsp3) is 0.174. The molecule has 4 rings (SSSR count). The van der Waals surface area contributed by atoms with Gasteiger partial charge >= 0.3 is 0 Å². The molecule has 1 aliphatic rings. The average molecular weight is 408 g/mol. The first-order valence-electron chi connectivity index (χ1n) is 9.27. The second-order valence-corrected chi connectivity index (χ2v) is 7.44. The molecular weight excluding hydrogens is 390 g/mol. The van der Waals surface area contributed by atoms with Gasteiger partial charge < -0.3 is 4.74 Å². The molecule has 0 aromatic heterocycles. The van der Waals surface area contributed by atoms with Crippen molar-refractivity contribution in [1.82, 2.24) is 0 Å². The fourth-order valence-electron chi connectivity index (χ4n) is 3.84. The van der Waals surface area contributed by atoms with Crippen LogP contribution in [-0.2, 0) is 0 Å². The van der Waals surface area contributed by atoms with E-state index in [-0.39, 0.29) is 17.1 Å². The molecule has 0 N–H and O–H groups in total. The van der Waals surface area contributed by atoms with E-state index < -0.39 is 18.1 Å². The highest BCUT2D eigenvalue weighted by Crippen LogP contribution is 2.45. The van der Waals surface area contributed by atoms with E-state index in [0.717, 1.165) is 0 Å². The zero-order valence-electron chi connectivity index (χ0n) is 15.4. The zero-order chi connectivity index (χ0) is 20.4. The molecule has 0 saturated heterocycles. The van der Waals surface area contributed by atoms with Crippen molar-refractivity contribution in [3.05, 3.63) is 111 Å². The lowest BCUT2D eigenvalue weighted by Gasteiger charge is -2.34. The van der Waals surface area contributed by atoms with Crippen molar-refractivity contribution in [2.75, 3.05) is 0 Å². The molecule has 3 aromatic rings. The van der Waals surface area contributed by atoms with Crippen LogP contribution in [0.2, 0.25) is 5.02 Å². The molecule has 1 aliphatic heterocycles. The summed E-state index contributed by atoms with van der Waals surface area (Å²) in [6.07, 6.45) is -0.786. The number of hydrogen-bond donors (Lipinski definition) is 0. The topological polar surface area (TPSA) is 69.4 Å². The number of Topliss-reactive ketones (excluding diaryl/α,β-unsaturated/α-hetero) is 1. The van der Waals surface area contributed by atoms with Gasteiger partial charge in [0.1, 0.15) is 5.75 Å². The molecule has 3 atom stereocenters. The normalized spacial score (nSPS) is 20.4. The summed E-state index contributed by atoms with van der Waals surface area (Å²) in [7, 11) is 0. The smallest absolute Gasteiger partial charge is 0.260 e. The van der Waals surface area contributed by atoms with Crippen LogP contribution in [0.25, 0.3) is 0 Å². The summed E-state index contributed by atoms with van der Waals surface area (Å²) in [5, 5.41) is 12.7. The Hall–Kier alpha value is -3.18. The van der Waals surface area contributed by atoms with E-state index in [1.165, 1.54) is 0 Å². The van der Waals surface area contributed by atoms with E-state index in [1.807, 2.05) is 18.2 Å². The summed E-state index contributed by atoms with van der Waals surface area (Å²) in [6.45, 7) is 0. The minimum absolute atomic E-state index is 0.0279. The molecule has 0 bridgehead atoms. The molecule has 0 radical (unpaired) electrons. The Morgan fingerprint density at radius 1 is 0.966 bits per heavy atom. The van der Waals surface area contributed by atoms with E-state index in [4.69, 9.17) is 16.3 Å². The molecule has 3 aromatic carbocycles. The molecule has 0 amide bonds. The first-order chi connectivity index (χ1) is 14.0. The maximum absolute atomic E-state index is 12.9.